The summed E-state index contributed by atoms with van der Waals surface area (Å²) >= 11 is 0. The minimum atomic E-state index is -0.799. The SMILES string of the molecule is CCCC(O)OCC(CO)OCCO. The van der Waals surface area contributed by atoms with Crippen molar-refractivity contribution in [2.24, 2.45) is 0 Å². The molecule has 0 spiro atoms. The van der Waals surface area contributed by atoms with Crippen LogP contribution >= 0.6 is 0 Å². The van der Waals surface area contributed by atoms with Gasteiger partial charge in [0.15, 0.2) is 6.29 Å². The van der Waals surface area contributed by atoms with Gasteiger partial charge in [-0.15, -0.1) is 0 Å². The average Bonchev–Trinajstić information content (AvgIpc) is 2.19. The maximum Gasteiger partial charge on any atom is 0.154 e. The van der Waals surface area contributed by atoms with Gasteiger partial charge in [-0.2, -0.15) is 0 Å². The van der Waals surface area contributed by atoms with Crippen molar-refractivity contribution in [2.75, 3.05) is 26.4 Å². The average molecular weight is 208 g/mol. The van der Waals surface area contributed by atoms with Gasteiger partial charge in [0.05, 0.1) is 26.4 Å². The third kappa shape index (κ3) is 7.23. The van der Waals surface area contributed by atoms with Gasteiger partial charge in [-0.1, -0.05) is 13.3 Å². The number of hydrogen-bond acceptors (Lipinski definition) is 5. The van der Waals surface area contributed by atoms with E-state index in [1.807, 2.05) is 6.92 Å². The van der Waals surface area contributed by atoms with Crippen LogP contribution in [0.2, 0.25) is 0 Å². The lowest BCUT2D eigenvalue weighted by Gasteiger charge is -2.17. The minimum Gasteiger partial charge on any atom is -0.394 e. The second kappa shape index (κ2) is 9.36. The Balaban J connectivity index is 3.50. The summed E-state index contributed by atoms with van der Waals surface area (Å²) in [5, 5.41) is 26.5. The molecule has 0 aromatic heterocycles. The first-order valence-corrected chi connectivity index (χ1v) is 4.87. The van der Waals surface area contributed by atoms with Crippen LogP contribution in [0.25, 0.3) is 0 Å². The summed E-state index contributed by atoms with van der Waals surface area (Å²) in [4.78, 5) is 0. The molecule has 0 amide bonds. The monoisotopic (exact) mass is 208 g/mol. The number of aliphatic hydroxyl groups excluding tert-OH is 3. The van der Waals surface area contributed by atoms with Crippen LogP contribution in [-0.4, -0.2) is 54.1 Å². The molecule has 14 heavy (non-hydrogen) atoms. The molecule has 0 aliphatic rings. The lowest BCUT2D eigenvalue weighted by atomic mass is 10.3. The molecule has 5 heteroatoms. The summed E-state index contributed by atoms with van der Waals surface area (Å²) in [5.41, 5.74) is 0. The van der Waals surface area contributed by atoms with Gasteiger partial charge in [0.1, 0.15) is 6.10 Å². The van der Waals surface area contributed by atoms with E-state index in [1.54, 1.807) is 0 Å². The third-order valence-corrected chi connectivity index (χ3v) is 1.66. The van der Waals surface area contributed by atoms with E-state index in [0.29, 0.717) is 6.42 Å². The number of aliphatic hydroxyl groups is 3. The highest BCUT2D eigenvalue weighted by Gasteiger charge is 2.10. The van der Waals surface area contributed by atoms with Gasteiger partial charge in [0, 0.05) is 0 Å². The van der Waals surface area contributed by atoms with Crippen LogP contribution in [-0.2, 0) is 9.47 Å². The van der Waals surface area contributed by atoms with E-state index in [0.717, 1.165) is 6.42 Å². The molecule has 0 bridgehead atoms. The molecule has 0 fully saturated rings. The molecule has 0 rings (SSSR count). The van der Waals surface area contributed by atoms with Gasteiger partial charge in [0.2, 0.25) is 0 Å². The Kier molecular flexibility index (Phi) is 9.23. The summed E-state index contributed by atoms with van der Waals surface area (Å²) in [6.45, 7) is 1.97. The molecular weight excluding hydrogens is 188 g/mol. The van der Waals surface area contributed by atoms with Gasteiger partial charge < -0.3 is 24.8 Å². The van der Waals surface area contributed by atoms with Crippen LogP contribution < -0.4 is 0 Å². The largest absolute Gasteiger partial charge is 0.394 e. The van der Waals surface area contributed by atoms with Crippen molar-refractivity contribution >= 4 is 0 Å². The zero-order valence-electron chi connectivity index (χ0n) is 8.56. The van der Waals surface area contributed by atoms with Gasteiger partial charge in [0.25, 0.3) is 0 Å². The standard InChI is InChI=1S/C9H20O5/c1-2-3-9(12)14-7-8(6-11)13-5-4-10/h8-12H,2-7H2,1H3. The molecule has 0 saturated heterocycles. The van der Waals surface area contributed by atoms with Crippen LogP contribution in [0.4, 0.5) is 0 Å². The first-order chi connectivity index (χ1) is 6.74. The van der Waals surface area contributed by atoms with E-state index in [9.17, 15) is 5.11 Å². The van der Waals surface area contributed by atoms with E-state index in [-0.39, 0.29) is 26.4 Å². The molecule has 0 aliphatic carbocycles. The second-order valence-corrected chi connectivity index (χ2v) is 2.98. The predicted molar refractivity (Wildman–Crippen MR) is 50.8 cm³/mol. The quantitative estimate of drug-likeness (QED) is 0.445. The maximum atomic E-state index is 9.21. The first-order valence-electron chi connectivity index (χ1n) is 4.87. The van der Waals surface area contributed by atoms with Crippen LogP contribution in [0.5, 0.6) is 0 Å². The fourth-order valence-electron chi connectivity index (χ4n) is 0.922. The number of ether oxygens (including phenoxy) is 2. The fourth-order valence-corrected chi connectivity index (χ4v) is 0.922. The molecule has 0 heterocycles. The van der Waals surface area contributed by atoms with Crippen LogP contribution in [0.1, 0.15) is 19.8 Å². The Morgan fingerprint density at radius 2 is 1.93 bits per heavy atom. The van der Waals surface area contributed by atoms with Crippen molar-refractivity contribution in [3.8, 4) is 0 Å². The summed E-state index contributed by atoms with van der Waals surface area (Å²) in [5.74, 6) is 0. The van der Waals surface area contributed by atoms with Crippen molar-refractivity contribution in [2.45, 2.75) is 32.2 Å². The van der Waals surface area contributed by atoms with Crippen molar-refractivity contribution in [1.29, 1.82) is 0 Å². The summed E-state index contributed by atoms with van der Waals surface area (Å²) in [6.07, 6.45) is 0.126. The molecule has 0 radical (unpaired) electrons. The Morgan fingerprint density at radius 1 is 1.21 bits per heavy atom. The van der Waals surface area contributed by atoms with Crippen molar-refractivity contribution in [3.63, 3.8) is 0 Å². The maximum absolute atomic E-state index is 9.21. The molecule has 2 unspecified atom stereocenters. The van der Waals surface area contributed by atoms with Crippen LogP contribution in [0.3, 0.4) is 0 Å². The van der Waals surface area contributed by atoms with E-state index in [2.05, 4.69) is 0 Å². The highest BCUT2D eigenvalue weighted by atomic mass is 16.6. The highest BCUT2D eigenvalue weighted by Crippen LogP contribution is 2.00. The van der Waals surface area contributed by atoms with Crippen LogP contribution in [0.15, 0.2) is 0 Å². The molecule has 0 aliphatic heterocycles. The molecule has 2 atom stereocenters. The smallest absolute Gasteiger partial charge is 0.154 e. The van der Waals surface area contributed by atoms with E-state index < -0.39 is 12.4 Å². The normalized spacial score (nSPS) is 15.4. The zero-order chi connectivity index (χ0) is 10.8. The molecule has 86 valence electrons. The Hall–Kier alpha value is -0.200. The Morgan fingerprint density at radius 3 is 2.43 bits per heavy atom. The summed E-state index contributed by atoms with van der Waals surface area (Å²) < 4.78 is 10.1. The van der Waals surface area contributed by atoms with Gasteiger partial charge in [-0.3, -0.25) is 0 Å². The molecule has 0 saturated carbocycles. The molecule has 0 aromatic rings. The number of rotatable bonds is 9. The van der Waals surface area contributed by atoms with Gasteiger partial charge >= 0.3 is 0 Å². The Labute approximate surface area is 84.3 Å². The van der Waals surface area contributed by atoms with E-state index in [1.165, 1.54) is 0 Å². The van der Waals surface area contributed by atoms with E-state index in [4.69, 9.17) is 19.7 Å². The topological polar surface area (TPSA) is 79.2 Å². The second-order valence-electron chi connectivity index (χ2n) is 2.98. The molecule has 5 nitrogen and oxygen atoms in total. The molecular formula is C9H20O5. The minimum absolute atomic E-state index is 0.0893. The van der Waals surface area contributed by atoms with Gasteiger partial charge in [-0.25, -0.2) is 0 Å². The summed E-state index contributed by atoms with van der Waals surface area (Å²) in [6, 6.07) is 0. The zero-order valence-corrected chi connectivity index (χ0v) is 8.56. The lowest BCUT2D eigenvalue weighted by molar-refractivity contribution is -0.141. The molecule has 0 aromatic carbocycles. The third-order valence-electron chi connectivity index (χ3n) is 1.66. The molecule has 3 N–H and O–H groups in total. The van der Waals surface area contributed by atoms with Crippen molar-refractivity contribution in [3.05, 3.63) is 0 Å². The van der Waals surface area contributed by atoms with Crippen molar-refractivity contribution < 1.29 is 24.8 Å². The highest BCUT2D eigenvalue weighted by molar-refractivity contribution is 4.54. The Bertz CT molecular complexity index is 120. The predicted octanol–water partition coefficient (Wildman–Crippen LogP) is -0.509. The fraction of sp³-hybridized carbons (Fsp3) is 1.00. The lowest BCUT2D eigenvalue weighted by Crippen LogP contribution is -2.28. The van der Waals surface area contributed by atoms with Crippen LogP contribution in [0, 0.1) is 0 Å². The van der Waals surface area contributed by atoms with E-state index >= 15 is 0 Å². The van der Waals surface area contributed by atoms with Gasteiger partial charge in [-0.05, 0) is 6.42 Å². The summed E-state index contributed by atoms with van der Waals surface area (Å²) in [7, 11) is 0. The van der Waals surface area contributed by atoms with Crippen molar-refractivity contribution in [1.82, 2.24) is 0 Å². The number of hydrogen-bond donors (Lipinski definition) is 3. The first kappa shape index (κ1) is 13.8.